The minimum Gasteiger partial charge on any atom is -0.395 e. The Morgan fingerprint density at radius 1 is 1.14 bits per heavy atom. The molecule has 1 aliphatic rings. The fourth-order valence-corrected chi connectivity index (χ4v) is 4.76. The molecule has 0 amide bonds. The summed E-state index contributed by atoms with van der Waals surface area (Å²) in [4.78, 5) is 0. The number of aromatic nitrogens is 3. The van der Waals surface area contributed by atoms with Crippen molar-refractivity contribution in [3.05, 3.63) is 5.69 Å². The summed E-state index contributed by atoms with van der Waals surface area (Å²) in [5, 5.41) is 50.5. The molecule has 0 bridgehead atoms. The lowest BCUT2D eigenvalue weighted by molar-refractivity contribution is 0.0176. The van der Waals surface area contributed by atoms with Gasteiger partial charge in [-0.05, 0) is 0 Å². The first-order valence-corrected chi connectivity index (χ1v) is 10.6. The standard InChI is InChI=1S/C12H24N4O4Si/c1-21(2,3)12-9(6-18)14-15-16(12)4-7-10(19)11(20)8(5-17)13-7/h7-8,10-11,13,17-20H,4-6H2,1-3H3/t7-,8-,10-,11-/m1/s1. The second kappa shape index (κ2) is 6.11. The zero-order valence-electron chi connectivity index (χ0n) is 12.6. The highest BCUT2D eigenvalue weighted by atomic mass is 28.3. The number of hydrogen-bond donors (Lipinski definition) is 5. The van der Waals surface area contributed by atoms with Gasteiger partial charge in [-0.3, -0.25) is 4.68 Å². The summed E-state index contributed by atoms with van der Waals surface area (Å²) in [5.41, 5.74) is 0.570. The fraction of sp³-hybridized carbons (Fsp3) is 0.833. The molecule has 1 fully saturated rings. The first kappa shape index (κ1) is 16.5. The summed E-state index contributed by atoms with van der Waals surface area (Å²) in [6.45, 7) is 6.32. The Hall–Kier alpha value is -0.843. The molecule has 0 aliphatic carbocycles. The van der Waals surface area contributed by atoms with Crippen LogP contribution in [0.4, 0.5) is 0 Å². The van der Waals surface area contributed by atoms with Crippen LogP contribution in [0.25, 0.3) is 0 Å². The third-order valence-electron chi connectivity index (χ3n) is 3.83. The summed E-state index contributed by atoms with van der Waals surface area (Å²) in [6, 6.07) is -0.957. The van der Waals surface area contributed by atoms with E-state index in [9.17, 15) is 15.3 Å². The number of hydrogen-bond acceptors (Lipinski definition) is 7. The van der Waals surface area contributed by atoms with Gasteiger partial charge >= 0.3 is 0 Å². The molecule has 1 aromatic rings. The smallest absolute Gasteiger partial charge is 0.107 e. The van der Waals surface area contributed by atoms with Crippen molar-refractivity contribution < 1.29 is 20.4 Å². The van der Waals surface area contributed by atoms with Crippen molar-refractivity contribution in [3.63, 3.8) is 0 Å². The van der Waals surface area contributed by atoms with Crippen LogP contribution in [0.5, 0.6) is 0 Å². The van der Waals surface area contributed by atoms with Gasteiger partial charge in [0.1, 0.15) is 13.8 Å². The van der Waals surface area contributed by atoms with E-state index >= 15 is 0 Å². The molecule has 1 saturated heterocycles. The van der Waals surface area contributed by atoms with E-state index in [-0.39, 0.29) is 13.2 Å². The summed E-state index contributed by atoms with van der Waals surface area (Å²) in [7, 11) is -1.77. The molecular weight excluding hydrogens is 292 g/mol. The van der Waals surface area contributed by atoms with Gasteiger partial charge in [0, 0.05) is 5.32 Å². The van der Waals surface area contributed by atoms with Gasteiger partial charge in [0.2, 0.25) is 0 Å². The monoisotopic (exact) mass is 316 g/mol. The van der Waals surface area contributed by atoms with Gasteiger partial charge in [-0.25, -0.2) is 0 Å². The van der Waals surface area contributed by atoms with Crippen molar-refractivity contribution in [3.8, 4) is 0 Å². The van der Waals surface area contributed by atoms with E-state index in [1.54, 1.807) is 4.68 Å². The zero-order valence-corrected chi connectivity index (χ0v) is 13.6. The van der Waals surface area contributed by atoms with Crippen LogP contribution in [-0.4, -0.2) is 74.4 Å². The Labute approximate surface area is 124 Å². The number of nitrogens with one attached hydrogen (secondary N) is 1. The molecule has 0 aromatic carbocycles. The zero-order chi connectivity index (χ0) is 15.8. The highest BCUT2D eigenvalue weighted by Gasteiger charge is 2.41. The van der Waals surface area contributed by atoms with Crippen LogP contribution in [0.3, 0.4) is 0 Å². The molecule has 21 heavy (non-hydrogen) atoms. The molecule has 1 aliphatic heterocycles. The van der Waals surface area contributed by atoms with Crippen LogP contribution in [0.2, 0.25) is 19.6 Å². The third kappa shape index (κ3) is 3.17. The second-order valence-electron chi connectivity index (χ2n) is 6.52. The van der Waals surface area contributed by atoms with Gasteiger partial charge in [0.25, 0.3) is 0 Å². The van der Waals surface area contributed by atoms with Crippen molar-refractivity contribution in [2.75, 3.05) is 6.61 Å². The Morgan fingerprint density at radius 2 is 1.76 bits per heavy atom. The van der Waals surface area contributed by atoms with Gasteiger partial charge in [0.15, 0.2) is 0 Å². The van der Waals surface area contributed by atoms with E-state index < -0.39 is 32.4 Å². The molecule has 0 unspecified atom stereocenters. The molecule has 0 saturated carbocycles. The lowest BCUT2D eigenvalue weighted by Gasteiger charge is -2.22. The predicted octanol–water partition coefficient (Wildman–Crippen LogP) is -2.63. The maximum atomic E-state index is 10.1. The normalized spacial score (nSPS) is 30.0. The molecule has 0 spiro atoms. The number of nitrogens with zero attached hydrogens (tertiary/aromatic N) is 3. The van der Waals surface area contributed by atoms with Gasteiger partial charge in [-0.2, -0.15) is 0 Å². The van der Waals surface area contributed by atoms with Crippen LogP contribution in [0, 0.1) is 0 Å². The average molecular weight is 316 g/mol. The van der Waals surface area contributed by atoms with Crippen molar-refractivity contribution >= 4 is 13.4 Å². The highest BCUT2D eigenvalue weighted by Crippen LogP contribution is 2.16. The molecule has 2 rings (SSSR count). The van der Waals surface area contributed by atoms with Crippen LogP contribution in [0.1, 0.15) is 5.69 Å². The third-order valence-corrected chi connectivity index (χ3v) is 5.80. The molecule has 2 heterocycles. The fourth-order valence-electron chi connectivity index (χ4n) is 2.86. The molecule has 5 N–H and O–H groups in total. The first-order chi connectivity index (χ1) is 9.79. The van der Waals surface area contributed by atoms with E-state index in [2.05, 4.69) is 35.3 Å². The van der Waals surface area contributed by atoms with Crippen molar-refractivity contribution in [2.24, 2.45) is 0 Å². The lowest BCUT2D eigenvalue weighted by atomic mass is 10.1. The van der Waals surface area contributed by atoms with E-state index in [1.807, 2.05) is 0 Å². The maximum Gasteiger partial charge on any atom is 0.107 e. The van der Waals surface area contributed by atoms with E-state index in [0.29, 0.717) is 12.2 Å². The molecule has 9 heteroatoms. The van der Waals surface area contributed by atoms with E-state index in [4.69, 9.17) is 5.11 Å². The van der Waals surface area contributed by atoms with Crippen molar-refractivity contribution in [1.29, 1.82) is 0 Å². The largest absolute Gasteiger partial charge is 0.395 e. The Kier molecular flexibility index (Phi) is 4.81. The van der Waals surface area contributed by atoms with Crippen molar-refractivity contribution in [1.82, 2.24) is 20.3 Å². The molecule has 8 nitrogen and oxygen atoms in total. The number of aliphatic hydroxyl groups is 4. The van der Waals surface area contributed by atoms with Gasteiger partial charge < -0.3 is 25.7 Å². The minimum atomic E-state index is -1.77. The van der Waals surface area contributed by atoms with Crippen LogP contribution in [0.15, 0.2) is 0 Å². The number of rotatable bonds is 5. The Bertz CT molecular complexity index is 490. The summed E-state index contributed by atoms with van der Waals surface area (Å²) < 4.78 is 1.70. The molecule has 0 radical (unpaired) electrons. The van der Waals surface area contributed by atoms with Crippen LogP contribution >= 0.6 is 0 Å². The molecule has 4 atom stereocenters. The maximum absolute atomic E-state index is 10.1. The second-order valence-corrected chi connectivity index (χ2v) is 11.5. The first-order valence-electron chi connectivity index (χ1n) is 7.06. The van der Waals surface area contributed by atoms with Crippen LogP contribution in [-0.2, 0) is 13.2 Å². The average Bonchev–Trinajstić information content (AvgIpc) is 2.94. The lowest BCUT2D eigenvalue weighted by Crippen LogP contribution is -2.48. The van der Waals surface area contributed by atoms with Crippen LogP contribution < -0.4 is 10.6 Å². The van der Waals surface area contributed by atoms with Gasteiger partial charge in [0.05, 0.1) is 44.1 Å². The SMILES string of the molecule is C[Si](C)(C)c1c(CO)nnn1C[C@H]1N[C@H](CO)[C@@H](O)[C@@H]1O. The Morgan fingerprint density at radius 3 is 2.24 bits per heavy atom. The summed E-state index contributed by atoms with van der Waals surface area (Å²) in [6.07, 6.45) is -1.98. The van der Waals surface area contributed by atoms with Gasteiger partial charge in [-0.1, -0.05) is 24.9 Å². The molecule has 120 valence electrons. The summed E-state index contributed by atoms with van der Waals surface area (Å²) >= 11 is 0. The highest BCUT2D eigenvalue weighted by molar-refractivity contribution is 6.88. The predicted molar refractivity (Wildman–Crippen MR) is 78.7 cm³/mol. The van der Waals surface area contributed by atoms with E-state index in [0.717, 1.165) is 5.32 Å². The minimum absolute atomic E-state index is 0.165. The molecule has 1 aromatic heterocycles. The van der Waals surface area contributed by atoms with Crippen molar-refractivity contribution in [2.45, 2.75) is 57.1 Å². The number of aliphatic hydroxyl groups excluding tert-OH is 4. The molecular formula is C12H24N4O4Si. The van der Waals surface area contributed by atoms with Gasteiger partial charge in [-0.15, -0.1) is 5.10 Å². The Balaban J connectivity index is 2.23. The summed E-state index contributed by atoms with van der Waals surface area (Å²) in [5.74, 6) is 0. The quantitative estimate of drug-likeness (QED) is 0.377. The van der Waals surface area contributed by atoms with E-state index in [1.165, 1.54) is 0 Å². The topological polar surface area (TPSA) is 124 Å².